The molecule has 2 N–H and O–H groups in total. The van der Waals surface area contributed by atoms with Crippen molar-refractivity contribution in [2.45, 2.75) is 19.4 Å². The van der Waals surface area contributed by atoms with E-state index in [-0.39, 0.29) is 12.0 Å². The summed E-state index contributed by atoms with van der Waals surface area (Å²) < 4.78 is 13.3. The summed E-state index contributed by atoms with van der Waals surface area (Å²) >= 11 is 0. The lowest BCUT2D eigenvalue weighted by atomic mass is 10.0. The second-order valence-electron chi connectivity index (χ2n) is 3.72. The zero-order valence-corrected chi connectivity index (χ0v) is 9.61. The summed E-state index contributed by atoms with van der Waals surface area (Å²) in [5.74, 6) is -2.38. The highest BCUT2D eigenvalue weighted by atomic mass is 19.1. The molecule has 1 aromatic carbocycles. The van der Waals surface area contributed by atoms with Gasteiger partial charge in [-0.05, 0) is 17.7 Å². The minimum absolute atomic E-state index is 0.0441. The Balaban J connectivity index is 2.88. The summed E-state index contributed by atoms with van der Waals surface area (Å²) in [6, 6.07) is 4.38. The fourth-order valence-electron chi connectivity index (χ4n) is 1.46. The van der Waals surface area contributed by atoms with E-state index in [9.17, 15) is 14.0 Å². The molecule has 1 atom stereocenters. The van der Waals surface area contributed by atoms with Crippen LogP contribution in [0.3, 0.4) is 0 Å². The first-order valence-corrected chi connectivity index (χ1v) is 5.12. The van der Waals surface area contributed by atoms with Gasteiger partial charge in [-0.15, -0.1) is 0 Å². The van der Waals surface area contributed by atoms with Crippen molar-refractivity contribution in [1.29, 1.82) is 5.26 Å². The third-order valence-electron chi connectivity index (χ3n) is 2.27. The largest absolute Gasteiger partial charge is 0.480 e. The molecule has 0 spiro atoms. The molecule has 1 amide bonds. The molecular formula is C12H11FN2O3. The van der Waals surface area contributed by atoms with Crippen molar-refractivity contribution in [2.24, 2.45) is 0 Å². The van der Waals surface area contributed by atoms with Gasteiger partial charge in [-0.25, -0.2) is 9.18 Å². The number of nitrogens with one attached hydrogen (secondary N) is 1. The highest BCUT2D eigenvalue weighted by molar-refractivity contribution is 5.82. The Morgan fingerprint density at radius 1 is 1.56 bits per heavy atom. The molecule has 0 aliphatic heterocycles. The topological polar surface area (TPSA) is 90.2 Å². The molecule has 0 heterocycles. The van der Waals surface area contributed by atoms with Crippen molar-refractivity contribution in [3.05, 3.63) is 35.1 Å². The summed E-state index contributed by atoms with van der Waals surface area (Å²) in [5.41, 5.74) is 0.290. The van der Waals surface area contributed by atoms with Crippen molar-refractivity contribution < 1.29 is 19.1 Å². The molecule has 0 bridgehead atoms. The second kappa shape index (κ2) is 5.77. The van der Waals surface area contributed by atoms with Crippen molar-refractivity contribution in [2.75, 3.05) is 0 Å². The lowest BCUT2D eigenvalue weighted by molar-refractivity contribution is -0.141. The van der Waals surface area contributed by atoms with E-state index >= 15 is 0 Å². The summed E-state index contributed by atoms with van der Waals surface area (Å²) in [6.45, 7) is 1.20. The first-order chi connectivity index (χ1) is 8.43. The van der Waals surface area contributed by atoms with Gasteiger partial charge in [0.1, 0.15) is 17.9 Å². The average Bonchev–Trinajstić information content (AvgIpc) is 2.27. The van der Waals surface area contributed by atoms with Crippen LogP contribution >= 0.6 is 0 Å². The average molecular weight is 250 g/mol. The zero-order valence-electron chi connectivity index (χ0n) is 9.61. The minimum Gasteiger partial charge on any atom is -0.480 e. The van der Waals surface area contributed by atoms with E-state index in [1.807, 2.05) is 0 Å². The number of benzene rings is 1. The van der Waals surface area contributed by atoms with Gasteiger partial charge in [-0.3, -0.25) is 4.79 Å². The van der Waals surface area contributed by atoms with Crippen LogP contribution in [0, 0.1) is 17.1 Å². The number of nitriles is 1. The van der Waals surface area contributed by atoms with Gasteiger partial charge in [-0.2, -0.15) is 5.26 Å². The van der Waals surface area contributed by atoms with Crippen LogP contribution in [-0.2, 0) is 16.0 Å². The Morgan fingerprint density at radius 3 is 2.67 bits per heavy atom. The molecular weight excluding hydrogens is 239 g/mol. The Labute approximate surface area is 103 Å². The van der Waals surface area contributed by atoms with Crippen LogP contribution in [-0.4, -0.2) is 23.0 Å². The van der Waals surface area contributed by atoms with Crippen molar-refractivity contribution in [3.8, 4) is 6.07 Å². The lowest BCUT2D eigenvalue weighted by Gasteiger charge is -2.13. The van der Waals surface area contributed by atoms with Gasteiger partial charge in [0, 0.05) is 13.3 Å². The number of hydrogen-bond acceptors (Lipinski definition) is 3. The van der Waals surface area contributed by atoms with Crippen LogP contribution in [0.2, 0.25) is 0 Å². The number of halogens is 1. The van der Waals surface area contributed by atoms with Gasteiger partial charge in [0.15, 0.2) is 0 Å². The monoisotopic (exact) mass is 250 g/mol. The van der Waals surface area contributed by atoms with E-state index in [2.05, 4.69) is 5.32 Å². The first-order valence-electron chi connectivity index (χ1n) is 5.12. The predicted molar refractivity (Wildman–Crippen MR) is 60.1 cm³/mol. The Kier molecular flexibility index (Phi) is 4.38. The SMILES string of the molecule is CC(=O)NC(Cc1ccc(C#N)c(F)c1)C(=O)O. The van der Waals surface area contributed by atoms with E-state index in [0.717, 1.165) is 6.07 Å². The number of carbonyl (C=O) groups excluding carboxylic acids is 1. The molecule has 0 radical (unpaired) electrons. The van der Waals surface area contributed by atoms with E-state index in [1.54, 1.807) is 6.07 Å². The molecule has 0 saturated carbocycles. The fourth-order valence-corrected chi connectivity index (χ4v) is 1.46. The molecule has 0 aliphatic carbocycles. The standard InChI is InChI=1S/C12H11FN2O3/c1-7(16)15-11(12(17)18)5-8-2-3-9(6-14)10(13)4-8/h2-4,11H,5H2,1H3,(H,15,16)(H,17,18). The number of carboxylic acid groups (broad SMARTS) is 1. The molecule has 0 fully saturated rings. The Morgan fingerprint density at radius 2 is 2.22 bits per heavy atom. The second-order valence-corrected chi connectivity index (χ2v) is 3.72. The van der Waals surface area contributed by atoms with Gasteiger partial charge >= 0.3 is 5.97 Å². The van der Waals surface area contributed by atoms with E-state index in [0.29, 0.717) is 5.56 Å². The highest BCUT2D eigenvalue weighted by Crippen LogP contribution is 2.11. The minimum atomic E-state index is -1.20. The van der Waals surface area contributed by atoms with Crippen molar-refractivity contribution in [3.63, 3.8) is 0 Å². The number of aliphatic carboxylic acids is 1. The number of carbonyl (C=O) groups is 2. The predicted octanol–water partition coefficient (Wildman–Crippen LogP) is 0.829. The summed E-state index contributed by atoms with van der Waals surface area (Å²) in [7, 11) is 0. The molecule has 0 aromatic heterocycles. The Hall–Kier alpha value is -2.42. The van der Waals surface area contributed by atoms with E-state index in [4.69, 9.17) is 10.4 Å². The summed E-state index contributed by atoms with van der Waals surface area (Å²) in [5, 5.41) is 19.7. The molecule has 0 aliphatic rings. The van der Waals surface area contributed by atoms with Gasteiger partial charge in [0.2, 0.25) is 5.91 Å². The number of hydrogen-bond donors (Lipinski definition) is 2. The molecule has 1 unspecified atom stereocenters. The number of carboxylic acids is 1. The highest BCUT2D eigenvalue weighted by Gasteiger charge is 2.19. The molecule has 18 heavy (non-hydrogen) atoms. The van der Waals surface area contributed by atoms with Crippen LogP contribution in [0.5, 0.6) is 0 Å². The Bertz CT molecular complexity index is 523. The molecule has 1 rings (SSSR count). The van der Waals surface area contributed by atoms with Gasteiger partial charge < -0.3 is 10.4 Å². The van der Waals surface area contributed by atoms with Crippen LogP contribution in [0.25, 0.3) is 0 Å². The number of nitrogens with zero attached hydrogens (tertiary/aromatic N) is 1. The fraction of sp³-hybridized carbons (Fsp3) is 0.250. The number of rotatable bonds is 4. The van der Waals surface area contributed by atoms with Crippen molar-refractivity contribution >= 4 is 11.9 Å². The summed E-state index contributed by atoms with van der Waals surface area (Å²) in [4.78, 5) is 21.7. The third kappa shape index (κ3) is 3.56. The molecule has 94 valence electrons. The lowest BCUT2D eigenvalue weighted by Crippen LogP contribution is -2.41. The quantitative estimate of drug-likeness (QED) is 0.828. The molecule has 1 aromatic rings. The molecule has 0 saturated heterocycles. The summed E-state index contributed by atoms with van der Waals surface area (Å²) in [6.07, 6.45) is -0.0441. The maximum absolute atomic E-state index is 13.3. The maximum atomic E-state index is 13.3. The van der Waals surface area contributed by atoms with E-state index in [1.165, 1.54) is 19.1 Å². The van der Waals surface area contributed by atoms with Crippen molar-refractivity contribution in [1.82, 2.24) is 5.32 Å². The van der Waals surface area contributed by atoms with Crippen LogP contribution < -0.4 is 5.32 Å². The zero-order chi connectivity index (χ0) is 13.7. The van der Waals surface area contributed by atoms with Crippen LogP contribution in [0.4, 0.5) is 4.39 Å². The van der Waals surface area contributed by atoms with Crippen LogP contribution in [0.15, 0.2) is 18.2 Å². The smallest absolute Gasteiger partial charge is 0.326 e. The molecule has 6 heteroatoms. The van der Waals surface area contributed by atoms with Crippen LogP contribution in [0.1, 0.15) is 18.1 Å². The van der Waals surface area contributed by atoms with E-state index < -0.39 is 23.7 Å². The number of amides is 1. The third-order valence-corrected chi connectivity index (χ3v) is 2.27. The van der Waals surface area contributed by atoms with Gasteiger partial charge in [-0.1, -0.05) is 6.07 Å². The first kappa shape index (κ1) is 13.6. The maximum Gasteiger partial charge on any atom is 0.326 e. The normalized spacial score (nSPS) is 11.4. The molecule has 5 nitrogen and oxygen atoms in total. The van der Waals surface area contributed by atoms with Gasteiger partial charge in [0.05, 0.1) is 5.56 Å². The van der Waals surface area contributed by atoms with Gasteiger partial charge in [0.25, 0.3) is 0 Å².